The van der Waals surface area contributed by atoms with E-state index in [4.69, 9.17) is 0 Å². The van der Waals surface area contributed by atoms with E-state index in [-0.39, 0.29) is 11.8 Å². The smallest absolute Gasteiger partial charge is 0.233 e. The molecule has 0 saturated heterocycles. The Labute approximate surface area is 97.4 Å². The minimum Gasteiger partial charge on any atom is -0.356 e. The van der Waals surface area contributed by atoms with Gasteiger partial charge in [0.1, 0.15) is 0 Å². The van der Waals surface area contributed by atoms with Gasteiger partial charge < -0.3 is 16.0 Å². The van der Waals surface area contributed by atoms with Crippen molar-refractivity contribution in [1.29, 1.82) is 0 Å². The predicted molar refractivity (Wildman–Crippen MR) is 64.1 cm³/mol. The summed E-state index contributed by atoms with van der Waals surface area (Å²) >= 11 is 0. The van der Waals surface area contributed by atoms with Crippen molar-refractivity contribution in [2.45, 2.75) is 39.7 Å². The fourth-order valence-electron chi connectivity index (χ4n) is 1.07. The Bertz CT molecular complexity index is 219. The van der Waals surface area contributed by atoms with Crippen molar-refractivity contribution in [3.63, 3.8) is 0 Å². The summed E-state index contributed by atoms with van der Waals surface area (Å²) in [6.07, 6.45) is 1.33. The van der Waals surface area contributed by atoms with Gasteiger partial charge in [0.05, 0.1) is 6.54 Å². The fourth-order valence-corrected chi connectivity index (χ4v) is 1.07. The summed E-state index contributed by atoms with van der Waals surface area (Å²) in [4.78, 5) is 22.4. The molecule has 0 spiro atoms. The molecule has 0 saturated carbocycles. The maximum atomic E-state index is 11.3. The Hall–Kier alpha value is -1.10. The van der Waals surface area contributed by atoms with Crippen LogP contribution in [0, 0.1) is 0 Å². The summed E-state index contributed by atoms with van der Waals surface area (Å²) in [6.45, 7) is 7.29. The molecule has 0 aromatic rings. The van der Waals surface area contributed by atoms with E-state index in [1.54, 1.807) is 0 Å². The van der Waals surface area contributed by atoms with Gasteiger partial charge in [-0.25, -0.2) is 0 Å². The normalized spacial score (nSPS) is 11.9. The van der Waals surface area contributed by atoms with Gasteiger partial charge in [-0.15, -0.1) is 0 Å². The van der Waals surface area contributed by atoms with Crippen molar-refractivity contribution >= 4 is 11.8 Å². The largest absolute Gasteiger partial charge is 0.356 e. The average Bonchev–Trinajstić information content (AvgIpc) is 2.26. The highest BCUT2D eigenvalue weighted by Crippen LogP contribution is 1.85. The molecule has 0 bridgehead atoms. The third-order valence-electron chi connectivity index (χ3n) is 2.27. The molecule has 1 atom stereocenters. The van der Waals surface area contributed by atoms with Crippen LogP contribution in [0.5, 0.6) is 0 Å². The maximum absolute atomic E-state index is 11.3. The van der Waals surface area contributed by atoms with Gasteiger partial charge in [-0.2, -0.15) is 0 Å². The summed E-state index contributed by atoms with van der Waals surface area (Å²) < 4.78 is 0. The highest BCUT2D eigenvalue weighted by molar-refractivity contribution is 5.80. The number of rotatable bonds is 8. The zero-order valence-electron chi connectivity index (χ0n) is 10.4. The molecule has 0 rings (SSSR count). The molecule has 5 nitrogen and oxygen atoms in total. The van der Waals surface area contributed by atoms with Crippen molar-refractivity contribution < 1.29 is 9.59 Å². The van der Waals surface area contributed by atoms with Crippen LogP contribution in [0.15, 0.2) is 0 Å². The van der Waals surface area contributed by atoms with Crippen LogP contribution >= 0.6 is 0 Å². The molecule has 0 aromatic carbocycles. The van der Waals surface area contributed by atoms with Crippen LogP contribution in [0.4, 0.5) is 0 Å². The standard InChI is InChI=1S/C11H23N3O2/c1-4-9(3)14-8-11(16)13-7-6-10(15)12-5-2/h9,14H,4-8H2,1-3H3,(H,12,15)(H,13,16). The van der Waals surface area contributed by atoms with Gasteiger partial charge in [0.15, 0.2) is 0 Å². The molecule has 0 fully saturated rings. The molecule has 94 valence electrons. The summed E-state index contributed by atoms with van der Waals surface area (Å²) in [5.74, 6) is -0.0951. The molecular weight excluding hydrogens is 206 g/mol. The first kappa shape index (κ1) is 14.9. The second-order valence-corrected chi connectivity index (χ2v) is 3.74. The molecule has 1 unspecified atom stereocenters. The first-order valence-corrected chi connectivity index (χ1v) is 5.86. The lowest BCUT2D eigenvalue weighted by Crippen LogP contribution is -2.39. The van der Waals surface area contributed by atoms with Gasteiger partial charge in [-0.3, -0.25) is 9.59 Å². The molecule has 0 aromatic heterocycles. The molecule has 16 heavy (non-hydrogen) atoms. The average molecular weight is 229 g/mol. The Balaban J connectivity index is 3.47. The third-order valence-corrected chi connectivity index (χ3v) is 2.27. The van der Waals surface area contributed by atoms with Gasteiger partial charge in [0.2, 0.25) is 11.8 Å². The Kier molecular flexibility index (Phi) is 8.52. The van der Waals surface area contributed by atoms with E-state index in [0.29, 0.717) is 32.1 Å². The quantitative estimate of drug-likeness (QED) is 0.549. The Morgan fingerprint density at radius 2 is 1.81 bits per heavy atom. The Morgan fingerprint density at radius 1 is 1.12 bits per heavy atom. The van der Waals surface area contributed by atoms with Crippen molar-refractivity contribution in [3.8, 4) is 0 Å². The highest BCUT2D eigenvalue weighted by atomic mass is 16.2. The predicted octanol–water partition coefficient (Wildman–Crippen LogP) is 0.0169. The molecular formula is C11H23N3O2. The van der Waals surface area contributed by atoms with Gasteiger partial charge in [0.25, 0.3) is 0 Å². The van der Waals surface area contributed by atoms with Gasteiger partial charge >= 0.3 is 0 Å². The molecule has 0 radical (unpaired) electrons. The lowest BCUT2D eigenvalue weighted by atomic mass is 10.2. The van der Waals surface area contributed by atoms with E-state index in [9.17, 15) is 9.59 Å². The number of hydrogen-bond acceptors (Lipinski definition) is 3. The van der Waals surface area contributed by atoms with Gasteiger partial charge in [-0.05, 0) is 20.3 Å². The van der Waals surface area contributed by atoms with E-state index in [1.165, 1.54) is 0 Å². The number of nitrogens with one attached hydrogen (secondary N) is 3. The molecule has 5 heteroatoms. The molecule has 2 amide bonds. The van der Waals surface area contributed by atoms with E-state index < -0.39 is 0 Å². The van der Waals surface area contributed by atoms with Crippen molar-refractivity contribution in [2.75, 3.05) is 19.6 Å². The van der Waals surface area contributed by atoms with E-state index in [2.05, 4.69) is 22.9 Å². The number of hydrogen-bond donors (Lipinski definition) is 3. The first-order chi connectivity index (χ1) is 7.60. The zero-order valence-corrected chi connectivity index (χ0v) is 10.4. The number of amides is 2. The summed E-state index contributed by atoms with van der Waals surface area (Å²) in [5, 5.41) is 8.44. The number of carbonyl (C=O) groups is 2. The summed E-state index contributed by atoms with van der Waals surface area (Å²) in [7, 11) is 0. The van der Waals surface area contributed by atoms with E-state index >= 15 is 0 Å². The van der Waals surface area contributed by atoms with Crippen molar-refractivity contribution in [3.05, 3.63) is 0 Å². The van der Waals surface area contributed by atoms with Crippen LogP contribution in [-0.2, 0) is 9.59 Å². The SMILES string of the molecule is CCNC(=O)CCNC(=O)CNC(C)CC. The second-order valence-electron chi connectivity index (χ2n) is 3.74. The Morgan fingerprint density at radius 3 is 2.38 bits per heavy atom. The monoisotopic (exact) mass is 229 g/mol. The summed E-state index contributed by atoms with van der Waals surface area (Å²) in [6, 6.07) is 0.342. The van der Waals surface area contributed by atoms with Crippen LogP contribution in [-0.4, -0.2) is 37.5 Å². The zero-order chi connectivity index (χ0) is 12.4. The van der Waals surface area contributed by atoms with Gasteiger partial charge in [-0.1, -0.05) is 6.92 Å². The van der Waals surface area contributed by atoms with Crippen LogP contribution in [0.1, 0.15) is 33.6 Å². The molecule has 0 heterocycles. The topological polar surface area (TPSA) is 70.2 Å². The van der Waals surface area contributed by atoms with Crippen molar-refractivity contribution in [1.82, 2.24) is 16.0 Å². The van der Waals surface area contributed by atoms with Crippen LogP contribution in [0.25, 0.3) is 0 Å². The van der Waals surface area contributed by atoms with Gasteiger partial charge in [0, 0.05) is 25.6 Å². The molecule has 0 aliphatic carbocycles. The summed E-state index contributed by atoms with van der Waals surface area (Å²) in [5.41, 5.74) is 0. The van der Waals surface area contributed by atoms with Crippen LogP contribution < -0.4 is 16.0 Å². The number of carbonyl (C=O) groups excluding carboxylic acids is 2. The fraction of sp³-hybridized carbons (Fsp3) is 0.818. The highest BCUT2D eigenvalue weighted by Gasteiger charge is 2.04. The first-order valence-electron chi connectivity index (χ1n) is 5.86. The molecule has 0 aliphatic heterocycles. The molecule has 3 N–H and O–H groups in total. The minimum absolute atomic E-state index is 0.0299. The third kappa shape index (κ3) is 8.23. The van der Waals surface area contributed by atoms with Crippen molar-refractivity contribution in [2.24, 2.45) is 0 Å². The maximum Gasteiger partial charge on any atom is 0.233 e. The molecule has 0 aliphatic rings. The van der Waals surface area contributed by atoms with E-state index in [0.717, 1.165) is 6.42 Å². The van der Waals surface area contributed by atoms with E-state index in [1.807, 2.05) is 13.8 Å². The minimum atomic E-state index is -0.0652. The lowest BCUT2D eigenvalue weighted by molar-refractivity contribution is -0.121. The second kappa shape index (κ2) is 9.15. The van der Waals surface area contributed by atoms with Crippen LogP contribution in [0.2, 0.25) is 0 Å². The lowest BCUT2D eigenvalue weighted by Gasteiger charge is -2.11. The van der Waals surface area contributed by atoms with Crippen LogP contribution in [0.3, 0.4) is 0 Å².